The predicted molar refractivity (Wildman–Crippen MR) is 92.9 cm³/mol. The molecule has 1 fully saturated rings. The van der Waals surface area contributed by atoms with Gasteiger partial charge in [-0.2, -0.15) is 0 Å². The molecule has 0 radical (unpaired) electrons. The molecule has 3 aliphatic rings. The van der Waals surface area contributed by atoms with Gasteiger partial charge >= 0.3 is 6.09 Å². The molecule has 5 heteroatoms. The molecule has 0 N–H and O–H groups in total. The molecule has 0 aromatic heterocycles. The highest BCUT2D eigenvalue weighted by Gasteiger charge is 2.45. The largest absolute Gasteiger partial charge is 0.491 e. The first-order valence-corrected chi connectivity index (χ1v) is 8.94. The van der Waals surface area contributed by atoms with Gasteiger partial charge in [0, 0.05) is 31.6 Å². The van der Waals surface area contributed by atoms with Crippen LogP contribution in [0.3, 0.4) is 0 Å². The predicted octanol–water partition coefficient (Wildman–Crippen LogP) is 3.38. The summed E-state index contributed by atoms with van der Waals surface area (Å²) in [6.07, 6.45) is 1.84. The van der Waals surface area contributed by atoms with Crippen LogP contribution in [0.25, 0.3) is 0 Å². The number of hydrogen-bond acceptors (Lipinski definition) is 4. The first kappa shape index (κ1) is 15.6. The Labute approximate surface area is 143 Å². The summed E-state index contributed by atoms with van der Waals surface area (Å²) in [5, 5.41) is 0. The number of para-hydroxylation sites is 1. The van der Waals surface area contributed by atoms with Gasteiger partial charge in [0.25, 0.3) is 0 Å². The molecule has 3 aliphatic heterocycles. The zero-order chi connectivity index (χ0) is 16.9. The van der Waals surface area contributed by atoms with Crippen LogP contribution in [-0.4, -0.2) is 48.9 Å². The monoisotopic (exact) mass is 330 g/mol. The van der Waals surface area contributed by atoms with E-state index >= 15 is 0 Å². The SMILES string of the molecule is CC(C)(C)OC(=O)N1CCC2C(C1)c1cccc3c1N2CCCO3. The number of benzene rings is 1. The molecule has 0 bridgehead atoms. The van der Waals surface area contributed by atoms with E-state index in [1.807, 2.05) is 25.7 Å². The van der Waals surface area contributed by atoms with Crippen molar-refractivity contribution in [3.63, 3.8) is 0 Å². The van der Waals surface area contributed by atoms with Gasteiger partial charge in [0.1, 0.15) is 11.4 Å². The molecule has 1 saturated heterocycles. The molecule has 0 saturated carbocycles. The number of likely N-dealkylation sites (tertiary alicyclic amines) is 1. The number of carbonyl (C=O) groups excluding carboxylic acids is 1. The van der Waals surface area contributed by atoms with Crippen LogP contribution < -0.4 is 9.64 Å². The van der Waals surface area contributed by atoms with Crippen LogP contribution >= 0.6 is 0 Å². The van der Waals surface area contributed by atoms with Gasteiger partial charge < -0.3 is 19.3 Å². The third-order valence-corrected chi connectivity index (χ3v) is 5.15. The molecule has 4 rings (SSSR count). The van der Waals surface area contributed by atoms with E-state index in [0.29, 0.717) is 12.0 Å². The summed E-state index contributed by atoms with van der Waals surface area (Å²) < 4.78 is 11.5. The fraction of sp³-hybridized carbons (Fsp3) is 0.632. The third kappa shape index (κ3) is 2.60. The van der Waals surface area contributed by atoms with Crippen LogP contribution in [0.4, 0.5) is 10.5 Å². The second-order valence-electron chi connectivity index (χ2n) is 7.98. The summed E-state index contributed by atoms with van der Waals surface area (Å²) in [6.45, 7) is 9.06. The van der Waals surface area contributed by atoms with E-state index < -0.39 is 5.60 Å². The van der Waals surface area contributed by atoms with Gasteiger partial charge in [-0.05, 0) is 45.2 Å². The lowest BCUT2D eigenvalue weighted by molar-refractivity contribution is 0.0189. The Morgan fingerprint density at radius 1 is 1.29 bits per heavy atom. The Morgan fingerprint density at radius 2 is 2.12 bits per heavy atom. The lowest BCUT2D eigenvalue weighted by Gasteiger charge is -2.39. The first-order chi connectivity index (χ1) is 11.4. The van der Waals surface area contributed by atoms with Gasteiger partial charge in [-0.25, -0.2) is 4.79 Å². The second-order valence-corrected chi connectivity index (χ2v) is 7.98. The summed E-state index contributed by atoms with van der Waals surface area (Å²) in [4.78, 5) is 16.9. The van der Waals surface area contributed by atoms with Crippen molar-refractivity contribution in [1.29, 1.82) is 0 Å². The molecule has 0 spiro atoms. The van der Waals surface area contributed by atoms with Crippen molar-refractivity contribution in [3.05, 3.63) is 23.8 Å². The van der Waals surface area contributed by atoms with Crippen LogP contribution in [0, 0.1) is 0 Å². The molecule has 2 atom stereocenters. The van der Waals surface area contributed by atoms with Gasteiger partial charge in [0.05, 0.1) is 12.3 Å². The number of piperidine rings is 1. The van der Waals surface area contributed by atoms with E-state index in [1.165, 1.54) is 11.3 Å². The Balaban J connectivity index is 1.60. The molecule has 1 aromatic rings. The van der Waals surface area contributed by atoms with Crippen molar-refractivity contribution in [3.8, 4) is 5.75 Å². The van der Waals surface area contributed by atoms with E-state index in [2.05, 4.69) is 23.1 Å². The highest BCUT2D eigenvalue weighted by Crippen LogP contribution is 2.49. The second kappa shape index (κ2) is 5.57. The molecule has 2 unspecified atom stereocenters. The van der Waals surface area contributed by atoms with Crippen LogP contribution in [0.2, 0.25) is 0 Å². The quantitative estimate of drug-likeness (QED) is 0.731. The minimum Gasteiger partial charge on any atom is -0.491 e. The average Bonchev–Trinajstić information content (AvgIpc) is 2.69. The van der Waals surface area contributed by atoms with Crippen molar-refractivity contribution < 1.29 is 14.3 Å². The van der Waals surface area contributed by atoms with Crippen LogP contribution in [-0.2, 0) is 4.74 Å². The highest BCUT2D eigenvalue weighted by molar-refractivity contribution is 5.73. The van der Waals surface area contributed by atoms with Crippen molar-refractivity contribution in [1.82, 2.24) is 4.90 Å². The van der Waals surface area contributed by atoms with Gasteiger partial charge in [0.15, 0.2) is 0 Å². The van der Waals surface area contributed by atoms with E-state index in [1.54, 1.807) is 0 Å². The summed E-state index contributed by atoms with van der Waals surface area (Å²) in [5.41, 5.74) is 2.14. The number of amides is 1. The van der Waals surface area contributed by atoms with Crippen LogP contribution in [0.15, 0.2) is 18.2 Å². The van der Waals surface area contributed by atoms with Crippen molar-refractivity contribution >= 4 is 11.8 Å². The van der Waals surface area contributed by atoms with Crippen molar-refractivity contribution in [2.75, 3.05) is 31.1 Å². The van der Waals surface area contributed by atoms with Crippen LogP contribution in [0.5, 0.6) is 5.75 Å². The van der Waals surface area contributed by atoms with E-state index in [-0.39, 0.29) is 6.09 Å². The molecule has 3 heterocycles. The smallest absolute Gasteiger partial charge is 0.410 e. The van der Waals surface area contributed by atoms with E-state index in [4.69, 9.17) is 9.47 Å². The zero-order valence-electron chi connectivity index (χ0n) is 14.7. The van der Waals surface area contributed by atoms with Gasteiger partial charge in [-0.1, -0.05) is 12.1 Å². The lowest BCUT2D eigenvalue weighted by atomic mass is 9.89. The molecule has 0 aliphatic carbocycles. The average molecular weight is 330 g/mol. The molecule has 24 heavy (non-hydrogen) atoms. The number of rotatable bonds is 0. The maximum Gasteiger partial charge on any atom is 0.410 e. The van der Waals surface area contributed by atoms with Crippen molar-refractivity contribution in [2.45, 2.75) is 51.2 Å². The normalized spacial score (nSPS) is 25.5. The maximum absolute atomic E-state index is 12.5. The van der Waals surface area contributed by atoms with Gasteiger partial charge in [0.2, 0.25) is 0 Å². The van der Waals surface area contributed by atoms with Crippen molar-refractivity contribution in [2.24, 2.45) is 0 Å². The summed E-state index contributed by atoms with van der Waals surface area (Å²) in [5.74, 6) is 1.35. The number of hydrogen-bond donors (Lipinski definition) is 0. The highest BCUT2D eigenvalue weighted by atomic mass is 16.6. The number of anilines is 1. The fourth-order valence-electron chi connectivity index (χ4n) is 4.23. The Bertz CT molecular complexity index is 653. The summed E-state index contributed by atoms with van der Waals surface area (Å²) in [7, 11) is 0. The Hall–Kier alpha value is -1.91. The first-order valence-electron chi connectivity index (χ1n) is 8.94. The zero-order valence-corrected chi connectivity index (χ0v) is 14.7. The summed E-state index contributed by atoms with van der Waals surface area (Å²) >= 11 is 0. The molecular formula is C19H26N2O3. The Morgan fingerprint density at radius 3 is 2.92 bits per heavy atom. The number of carbonyl (C=O) groups is 1. The van der Waals surface area contributed by atoms with E-state index in [0.717, 1.165) is 44.8 Å². The third-order valence-electron chi connectivity index (χ3n) is 5.15. The lowest BCUT2D eigenvalue weighted by Crippen LogP contribution is -2.49. The molecule has 130 valence electrons. The molecule has 1 amide bonds. The number of ether oxygens (including phenoxy) is 2. The number of fused-ring (bicyclic) bond motifs is 3. The fourth-order valence-corrected chi connectivity index (χ4v) is 4.23. The standard InChI is InChI=1S/C19H26N2O3/c1-19(2,3)24-18(22)20-10-8-15-14(12-20)13-6-4-7-16-17(13)21(15)9-5-11-23-16/h4,6-7,14-15H,5,8-12H2,1-3H3. The van der Waals surface area contributed by atoms with E-state index in [9.17, 15) is 4.79 Å². The topological polar surface area (TPSA) is 42.0 Å². The van der Waals surface area contributed by atoms with Crippen LogP contribution in [0.1, 0.15) is 45.1 Å². The molecule has 5 nitrogen and oxygen atoms in total. The number of nitrogens with zero attached hydrogens (tertiary/aromatic N) is 2. The minimum atomic E-state index is -0.449. The Kier molecular flexibility index (Phi) is 3.62. The maximum atomic E-state index is 12.5. The molecular weight excluding hydrogens is 304 g/mol. The van der Waals surface area contributed by atoms with Gasteiger partial charge in [-0.3, -0.25) is 0 Å². The molecule has 1 aromatic carbocycles. The summed E-state index contributed by atoms with van der Waals surface area (Å²) in [6, 6.07) is 6.82. The van der Waals surface area contributed by atoms with Gasteiger partial charge in [-0.15, -0.1) is 0 Å². The minimum absolute atomic E-state index is 0.194.